The van der Waals surface area contributed by atoms with Crippen LogP contribution in [0.1, 0.15) is 26.7 Å². The van der Waals surface area contributed by atoms with E-state index in [0.717, 1.165) is 11.8 Å². The van der Waals surface area contributed by atoms with Crippen molar-refractivity contribution in [3.63, 3.8) is 0 Å². The summed E-state index contributed by atoms with van der Waals surface area (Å²) in [6.07, 6.45) is -6.04. The summed E-state index contributed by atoms with van der Waals surface area (Å²) in [6, 6.07) is 0. The van der Waals surface area contributed by atoms with E-state index in [1.54, 1.807) is 13.8 Å². The van der Waals surface area contributed by atoms with Gasteiger partial charge in [-0.15, -0.1) is 11.6 Å². The number of hydrogen-bond donors (Lipinski definition) is 1. The molecule has 0 rings (SSSR count). The quantitative estimate of drug-likeness (QED) is 0.408. The Balaban J connectivity index is 4.57. The third kappa shape index (κ3) is 9.23. The van der Waals surface area contributed by atoms with Gasteiger partial charge in [0.1, 0.15) is 5.38 Å². The molecule has 0 amide bonds. The topological polar surface area (TPSA) is 38.7 Å². The number of hydrogen-bond acceptors (Lipinski definition) is 5. The molecule has 1 N–H and O–H groups in total. The normalized spacial score (nSPS) is 16.6. The largest absolute Gasteiger partial charge is 0.479 e. The summed E-state index contributed by atoms with van der Waals surface area (Å²) in [5.41, 5.74) is 0. The van der Waals surface area contributed by atoms with Crippen molar-refractivity contribution < 1.29 is 27.8 Å². The molecular weight excluding hydrogens is 337 g/mol. The molecule has 0 aromatic carbocycles. The standard InChI is InChI=1S/C11H18ClF3O3S2/c1-3-17-9(16)6-7(20-10(19)18-4-2)5-8(12)11(13,14)15/h7-9,16H,3-6H2,1-2H3. The lowest BCUT2D eigenvalue weighted by atomic mass is 10.1. The fraction of sp³-hybridized carbons (Fsp3) is 0.909. The predicted octanol–water partition coefficient (Wildman–Crippen LogP) is 3.71. The third-order valence-electron chi connectivity index (χ3n) is 2.17. The summed E-state index contributed by atoms with van der Waals surface area (Å²) in [5.74, 6) is 0. The molecule has 0 heterocycles. The molecule has 0 saturated carbocycles. The first-order valence-electron chi connectivity index (χ1n) is 6.04. The molecule has 0 saturated heterocycles. The smallest absolute Gasteiger partial charge is 0.404 e. The maximum absolute atomic E-state index is 12.5. The molecule has 0 radical (unpaired) electrons. The zero-order valence-corrected chi connectivity index (χ0v) is 13.5. The van der Waals surface area contributed by atoms with Crippen LogP contribution in [-0.4, -0.2) is 45.8 Å². The van der Waals surface area contributed by atoms with Crippen molar-refractivity contribution in [1.29, 1.82) is 0 Å². The van der Waals surface area contributed by atoms with E-state index in [0.29, 0.717) is 6.61 Å². The van der Waals surface area contributed by atoms with Crippen molar-refractivity contribution in [2.24, 2.45) is 0 Å². The number of ether oxygens (including phenoxy) is 2. The van der Waals surface area contributed by atoms with Crippen LogP contribution >= 0.6 is 35.6 Å². The predicted molar refractivity (Wildman–Crippen MR) is 78.2 cm³/mol. The first kappa shape index (κ1) is 20.2. The molecule has 0 bridgehead atoms. The third-order valence-corrected chi connectivity index (χ3v) is 4.03. The van der Waals surface area contributed by atoms with Gasteiger partial charge in [-0.1, -0.05) is 11.8 Å². The molecule has 0 fully saturated rings. The van der Waals surface area contributed by atoms with Crippen LogP contribution in [-0.2, 0) is 9.47 Å². The van der Waals surface area contributed by atoms with Gasteiger partial charge in [0, 0.05) is 18.3 Å². The van der Waals surface area contributed by atoms with E-state index in [1.165, 1.54) is 0 Å². The molecule has 0 aromatic rings. The Bertz CT molecular complexity index is 293. The van der Waals surface area contributed by atoms with Crippen LogP contribution in [0.4, 0.5) is 13.2 Å². The van der Waals surface area contributed by atoms with E-state index in [9.17, 15) is 18.3 Å². The minimum absolute atomic E-state index is 0.00891. The van der Waals surface area contributed by atoms with Gasteiger partial charge in [-0.25, -0.2) is 0 Å². The second-order valence-corrected chi connectivity index (χ2v) is 6.24. The minimum Gasteiger partial charge on any atom is -0.479 e. The van der Waals surface area contributed by atoms with Gasteiger partial charge in [0.2, 0.25) is 4.38 Å². The second-order valence-electron chi connectivity index (χ2n) is 3.81. The van der Waals surface area contributed by atoms with Crippen LogP contribution in [0.25, 0.3) is 0 Å². The van der Waals surface area contributed by atoms with E-state index in [-0.39, 0.29) is 23.8 Å². The molecule has 3 unspecified atom stereocenters. The van der Waals surface area contributed by atoms with Crippen molar-refractivity contribution in [2.45, 2.75) is 49.8 Å². The molecule has 0 spiro atoms. The number of thiocarbonyl (C=S) groups is 1. The number of thioether (sulfide) groups is 1. The molecular formula is C11H18ClF3O3S2. The Labute approximate surface area is 131 Å². The first-order valence-corrected chi connectivity index (χ1v) is 7.76. The summed E-state index contributed by atoms with van der Waals surface area (Å²) in [7, 11) is 0. The van der Waals surface area contributed by atoms with E-state index in [2.05, 4.69) is 0 Å². The highest BCUT2D eigenvalue weighted by Crippen LogP contribution is 2.33. The SMILES string of the molecule is CCOC(=S)SC(CC(O)OCC)CC(Cl)C(F)(F)F. The fourth-order valence-corrected chi connectivity index (χ4v) is 3.18. The monoisotopic (exact) mass is 354 g/mol. The van der Waals surface area contributed by atoms with Gasteiger partial charge in [-0.2, -0.15) is 13.2 Å². The van der Waals surface area contributed by atoms with Crippen molar-refractivity contribution in [1.82, 2.24) is 0 Å². The highest BCUT2D eigenvalue weighted by atomic mass is 35.5. The summed E-state index contributed by atoms with van der Waals surface area (Å²) < 4.78 is 47.5. The second kappa shape index (κ2) is 10.0. The fourth-order valence-electron chi connectivity index (χ4n) is 1.33. The minimum atomic E-state index is -4.50. The average molecular weight is 355 g/mol. The Morgan fingerprint density at radius 1 is 1.30 bits per heavy atom. The van der Waals surface area contributed by atoms with E-state index in [1.807, 2.05) is 0 Å². The van der Waals surface area contributed by atoms with Crippen molar-refractivity contribution in [3.05, 3.63) is 0 Å². The lowest BCUT2D eigenvalue weighted by molar-refractivity contribution is -0.133. The lowest BCUT2D eigenvalue weighted by Crippen LogP contribution is -2.29. The molecule has 0 aliphatic rings. The van der Waals surface area contributed by atoms with E-state index in [4.69, 9.17) is 33.3 Å². The number of aliphatic hydroxyl groups excluding tert-OH is 1. The van der Waals surface area contributed by atoms with Crippen molar-refractivity contribution >= 4 is 40.0 Å². The van der Waals surface area contributed by atoms with E-state index >= 15 is 0 Å². The van der Waals surface area contributed by atoms with Crippen LogP contribution in [0, 0.1) is 0 Å². The Morgan fingerprint density at radius 3 is 2.35 bits per heavy atom. The highest BCUT2D eigenvalue weighted by molar-refractivity contribution is 8.23. The van der Waals surface area contributed by atoms with Gasteiger partial charge in [-0.05, 0) is 32.5 Å². The van der Waals surface area contributed by atoms with Crippen molar-refractivity contribution in [2.75, 3.05) is 13.2 Å². The highest BCUT2D eigenvalue weighted by Gasteiger charge is 2.40. The van der Waals surface area contributed by atoms with E-state index < -0.39 is 23.1 Å². The molecule has 0 aliphatic heterocycles. The maximum atomic E-state index is 12.5. The lowest BCUT2D eigenvalue weighted by Gasteiger charge is -2.23. The maximum Gasteiger partial charge on any atom is 0.404 e. The zero-order chi connectivity index (χ0) is 15.8. The Hall–Kier alpha value is 0.240. The summed E-state index contributed by atoms with van der Waals surface area (Å²) in [6.45, 7) is 3.99. The number of halogens is 4. The van der Waals surface area contributed by atoms with Gasteiger partial charge in [-0.3, -0.25) is 0 Å². The zero-order valence-electron chi connectivity index (χ0n) is 11.2. The van der Waals surface area contributed by atoms with Gasteiger partial charge in [0.05, 0.1) is 6.61 Å². The summed E-state index contributed by atoms with van der Waals surface area (Å²) in [4.78, 5) is 0. The van der Waals surface area contributed by atoms with Crippen molar-refractivity contribution in [3.8, 4) is 0 Å². The Morgan fingerprint density at radius 2 is 1.90 bits per heavy atom. The van der Waals surface area contributed by atoms with Gasteiger partial charge >= 0.3 is 6.18 Å². The van der Waals surface area contributed by atoms with Crippen LogP contribution in [0.3, 0.4) is 0 Å². The molecule has 9 heteroatoms. The number of alkyl halides is 4. The average Bonchev–Trinajstić information content (AvgIpc) is 2.27. The van der Waals surface area contributed by atoms with Crippen LogP contribution < -0.4 is 0 Å². The molecule has 120 valence electrons. The molecule has 3 atom stereocenters. The Kier molecular flexibility index (Phi) is 10.2. The van der Waals surface area contributed by atoms with Gasteiger partial charge < -0.3 is 14.6 Å². The van der Waals surface area contributed by atoms with Crippen LogP contribution in [0.2, 0.25) is 0 Å². The molecule has 0 aromatic heterocycles. The molecule has 20 heavy (non-hydrogen) atoms. The molecule has 0 aliphatic carbocycles. The van der Waals surface area contributed by atoms with Gasteiger partial charge in [0.15, 0.2) is 6.29 Å². The first-order chi connectivity index (χ1) is 9.20. The number of rotatable bonds is 8. The van der Waals surface area contributed by atoms with Crippen LogP contribution in [0.5, 0.6) is 0 Å². The van der Waals surface area contributed by atoms with Crippen LogP contribution in [0.15, 0.2) is 0 Å². The number of aliphatic hydroxyl groups is 1. The summed E-state index contributed by atoms with van der Waals surface area (Å²) in [5, 5.41) is 6.89. The molecule has 3 nitrogen and oxygen atoms in total. The van der Waals surface area contributed by atoms with Gasteiger partial charge in [0.25, 0.3) is 0 Å². The summed E-state index contributed by atoms with van der Waals surface area (Å²) >= 11 is 11.2.